The molecule has 0 spiro atoms. The molecule has 1 N–H and O–H groups in total. The molecule has 1 aliphatic heterocycles. The Bertz CT molecular complexity index is 1480. The highest BCUT2D eigenvalue weighted by Crippen LogP contribution is 2.25. The van der Waals surface area contributed by atoms with Gasteiger partial charge < -0.3 is 4.74 Å². The predicted molar refractivity (Wildman–Crippen MR) is 138 cm³/mol. The maximum atomic E-state index is 13.4. The van der Waals surface area contributed by atoms with Crippen molar-refractivity contribution < 1.29 is 26.4 Å². The number of benzene rings is 3. The van der Waals surface area contributed by atoms with Gasteiger partial charge in [-0.1, -0.05) is 48.5 Å². The molecule has 3 aromatic carbocycles. The number of hydrogen-bond donors (Lipinski definition) is 1. The van der Waals surface area contributed by atoms with Gasteiger partial charge in [-0.2, -0.15) is 13.7 Å². The number of nitrogens with one attached hydrogen (secondary N) is 1. The van der Waals surface area contributed by atoms with Crippen molar-refractivity contribution in [1.82, 2.24) is 14.0 Å². The van der Waals surface area contributed by atoms with E-state index in [1.165, 1.54) is 37.6 Å². The van der Waals surface area contributed by atoms with Gasteiger partial charge in [-0.15, -0.1) is 0 Å². The second-order valence-electron chi connectivity index (χ2n) is 8.10. The molecular formula is C25H26N4O6S2. The standard InChI is InChI=1S/C25H26N4O6S2/c1-35-24-15-9-8-10-20(24)18-26-27-25(30)23-19-28(36(31,32)21-11-4-2-5-12-21)16-17-29(23)37(33,34)22-13-6-3-7-14-22/h2-15,18,23H,16-17,19H2,1H3,(H,27,30)/b26-18-/t23-/m0/s1. The molecule has 10 nitrogen and oxygen atoms in total. The van der Waals surface area contributed by atoms with Crippen LogP contribution in [0.25, 0.3) is 0 Å². The summed E-state index contributed by atoms with van der Waals surface area (Å²) in [5.41, 5.74) is 2.96. The second-order valence-corrected chi connectivity index (χ2v) is 11.9. The van der Waals surface area contributed by atoms with Crippen molar-refractivity contribution in [3.8, 4) is 5.75 Å². The van der Waals surface area contributed by atoms with Crippen LogP contribution >= 0.6 is 0 Å². The molecule has 0 unspecified atom stereocenters. The summed E-state index contributed by atoms with van der Waals surface area (Å²) in [6, 6.07) is 21.1. The lowest BCUT2D eigenvalue weighted by molar-refractivity contribution is -0.125. The van der Waals surface area contributed by atoms with Gasteiger partial charge in [0, 0.05) is 25.2 Å². The summed E-state index contributed by atoms with van der Waals surface area (Å²) in [6.07, 6.45) is 1.37. The summed E-state index contributed by atoms with van der Waals surface area (Å²) in [4.78, 5) is 13.3. The Kier molecular flexibility index (Phi) is 8.03. The smallest absolute Gasteiger partial charge is 0.259 e. The van der Waals surface area contributed by atoms with Gasteiger partial charge in [0.1, 0.15) is 11.8 Å². The highest BCUT2D eigenvalue weighted by Gasteiger charge is 2.43. The summed E-state index contributed by atoms with van der Waals surface area (Å²) in [5, 5.41) is 3.97. The van der Waals surface area contributed by atoms with Gasteiger partial charge in [0.15, 0.2) is 0 Å². The number of methoxy groups -OCH3 is 1. The van der Waals surface area contributed by atoms with Crippen LogP contribution in [0.1, 0.15) is 5.56 Å². The first-order valence-electron chi connectivity index (χ1n) is 11.3. The van der Waals surface area contributed by atoms with Crippen LogP contribution in [0.3, 0.4) is 0 Å². The van der Waals surface area contributed by atoms with Crippen molar-refractivity contribution in [2.45, 2.75) is 15.8 Å². The van der Waals surface area contributed by atoms with E-state index in [4.69, 9.17) is 4.74 Å². The monoisotopic (exact) mass is 542 g/mol. The lowest BCUT2D eigenvalue weighted by atomic mass is 10.2. The molecule has 12 heteroatoms. The van der Waals surface area contributed by atoms with Crippen LogP contribution in [0.5, 0.6) is 5.75 Å². The van der Waals surface area contributed by atoms with Crippen LogP contribution in [0.4, 0.5) is 0 Å². The van der Waals surface area contributed by atoms with Crippen molar-refractivity contribution in [2.75, 3.05) is 26.7 Å². The molecule has 0 saturated carbocycles. The summed E-state index contributed by atoms with van der Waals surface area (Å²) in [5.74, 6) is -0.231. The van der Waals surface area contributed by atoms with Gasteiger partial charge in [-0.05, 0) is 36.4 Å². The van der Waals surface area contributed by atoms with Gasteiger partial charge in [0.25, 0.3) is 5.91 Å². The number of hydrazone groups is 1. The van der Waals surface area contributed by atoms with Crippen molar-refractivity contribution >= 4 is 32.2 Å². The molecule has 1 heterocycles. The zero-order valence-corrected chi connectivity index (χ0v) is 21.6. The van der Waals surface area contributed by atoms with E-state index in [0.29, 0.717) is 11.3 Å². The Morgan fingerprint density at radius 1 is 0.865 bits per heavy atom. The number of piperazine rings is 1. The molecule has 0 radical (unpaired) electrons. The topological polar surface area (TPSA) is 125 Å². The first-order valence-corrected chi connectivity index (χ1v) is 14.2. The highest BCUT2D eigenvalue weighted by atomic mass is 32.2. The minimum Gasteiger partial charge on any atom is -0.496 e. The summed E-state index contributed by atoms with van der Waals surface area (Å²) >= 11 is 0. The van der Waals surface area contributed by atoms with E-state index >= 15 is 0 Å². The number of carbonyl (C=O) groups is 1. The van der Waals surface area contributed by atoms with Crippen molar-refractivity contribution in [3.63, 3.8) is 0 Å². The summed E-state index contributed by atoms with van der Waals surface area (Å²) in [7, 11) is -6.55. The molecule has 1 atom stereocenters. The number of carbonyl (C=O) groups excluding carboxylic acids is 1. The Balaban J connectivity index is 1.63. The molecule has 4 rings (SSSR count). The normalized spacial score (nSPS) is 17.5. The fourth-order valence-electron chi connectivity index (χ4n) is 3.94. The zero-order chi connectivity index (χ0) is 26.5. The Morgan fingerprint density at radius 3 is 2.05 bits per heavy atom. The Hall–Kier alpha value is -3.58. The molecule has 0 aromatic heterocycles. The zero-order valence-electron chi connectivity index (χ0n) is 20.0. The van der Waals surface area contributed by atoms with Crippen LogP contribution in [-0.2, 0) is 24.8 Å². The van der Waals surface area contributed by atoms with Gasteiger partial charge in [-0.25, -0.2) is 22.3 Å². The molecule has 0 bridgehead atoms. The van der Waals surface area contributed by atoms with E-state index in [0.717, 1.165) is 8.61 Å². The average Bonchev–Trinajstić information content (AvgIpc) is 2.93. The lowest BCUT2D eigenvalue weighted by Gasteiger charge is -2.38. The number of nitrogens with zero attached hydrogens (tertiary/aromatic N) is 3. The molecule has 1 fully saturated rings. The van der Waals surface area contributed by atoms with Crippen LogP contribution in [0, 0.1) is 0 Å². The molecule has 1 amide bonds. The molecule has 3 aromatic rings. The van der Waals surface area contributed by atoms with E-state index in [-0.39, 0.29) is 29.4 Å². The van der Waals surface area contributed by atoms with Gasteiger partial charge in [-0.3, -0.25) is 4.79 Å². The first-order chi connectivity index (χ1) is 17.7. The average molecular weight is 543 g/mol. The molecule has 0 aliphatic carbocycles. The van der Waals surface area contributed by atoms with E-state index in [2.05, 4.69) is 10.5 Å². The summed E-state index contributed by atoms with van der Waals surface area (Å²) in [6.45, 7) is -0.700. The van der Waals surface area contributed by atoms with Crippen molar-refractivity contribution in [2.24, 2.45) is 5.10 Å². The molecule has 1 aliphatic rings. The number of hydrogen-bond acceptors (Lipinski definition) is 7. The van der Waals surface area contributed by atoms with Gasteiger partial charge in [0.05, 0.1) is 23.1 Å². The second kappa shape index (κ2) is 11.2. The maximum absolute atomic E-state index is 13.4. The number of ether oxygens (including phenoxy) is 1. The SMILES string of the molecule is COc1ccccc1/C=N\NC(=O)[C@@H]1CN(S(=O)(=O)c2ccccc2)CCN1S(=O)(=O)c1ccccc1. The number of para-hydroxylation sites is 1. The van der Waals surface area contributed by atoms with E-state index < -0.39 is 32.0 Å². The minimum absolute atomic E-state index is 0.00434. The molecular weight excluding hydrogens is 516 g/mol. The lowest BCUT2D eigenvalue weighted by Crippen LogP contribution is -2.60. The molecule has 37 heavy (non-hydrogen) atoms. The fourth-order valence-corrected chi connectivity index (χ4v) is 6.99. The van der Waals surface area contributed by atoms with E-state index in [1.54, 1.807) is 60.7 Å². The van der Waals surface area contributed by atoms with Crippen LogP contribution in [0.15, 0.2) is 99.8 Å². The van der Waals surface area contributed by atoms with Gasteiger partial charge >= 0.3 is 0 Å². The largest absolute Gasteiger partial charge is 0.496 e. The molecule has 1 saturated heterocycles. The van der Waals surface area contributed by atoms with Crippen molar-refractivity contribution in [1.29, 1.82) is 0 Å². The summed E-state index contributed by atoms with van der Waals surface area (Å²) < 4.78 is 60.7. The Labute approximate surface area is 216 Å². The predicted octanol–water partition coefficient (Wildman–Crippen LogP) is 1.91. The third-order valence-corrected chi connectivity index (χ3v) is 9.65. The van der Waals surface area contributed by atoms with E-state index in [1.807, 2.05) is 0 Å². The highest BCUT2D eigenvalue weighted by molar-refractivity contribution is 7.89. The van der Waals surface area contributed by atoms with Crippen LogP contribution in [-0.4, -0.2) is 70.4 Å². The van der Waals surface area contributed by atoms with E-state index in [9.17, 15) is 21.6 Å². The fraction of sp³-hybridized carbons (Fsp3) is 0.200. The third-order valence-electron chi connectivity index (χ3n) is 5.84. The number of rotatable bonds is 8. The van der Waals surface area contributed by atoms with Crippen LogP contribution < -0.4 is 10.2 Å². The number of sulfonamides is 2. The first kappa shape index (κ1) is 26.5. The Morgan fingerprint density at radius 2 is 1.43 bits per heavy atom. The van der Waals surface area contributed by atoms with Gasteiger partial charge in [0.2, 0.25) is 20.0 Å². The van der Waals surface area contributed by atoms with Crippen LogP contribution in [0.2, 0.25) is 0 Å². The van der Waals surface area contributed by atoms with Crippen molar-refractivity contribution in [3.05, 3.63) is 90.5 Å². The minimum atomic E-state index is -4.10. The third kappa shape index (κ3) is 5.72. The quantitative estimate of drug-likeness (QED) is 0.342. The maximum Gasteiger partial charge on any atom is 0.259 e. The molecule has 194 valence electrons. The number of amides is 1.